The molecule has 0 spiro atoms. The number of benzene rings is 1. The van der Waals surface area contributed by atoms with E-state index < -0.39 is 0 Å². The first kappa shape index (κ1) is 14.0. The lowest BCUT2D eigenvalue weighted by atomic mass is 10.2. The van der Waals surface area contributed by atoms with Crippen LogP contribution in [-0.4, -0.2) is 31.1 Å². The van der Waals surface area contributed by atoms with Gasteiger partial charge in [0.25, 0.3) is 0 Å². The van der Waals surface area contributed by atoms with Crippen molar-refractivity contribution in [3.8, 4) is 6.07 Å². The highest BCUT2D eigenvalue weighted by Gasteiger charge is 2.04. The van der Waals surface area contributed by atoms with Crippen molar-refractivity contribution in [3.63, 3.8) is 0 Å². The minimum absolute atomic E-state index is 0.537. The van der Waals surface area contributed by atoms with Crippen molar-refractivity contribution < 1.29 is 0 Å². The molecule has 0 aliphatic heterocycles. The first-order valence-corrected chi connectivity index (χ1v) is 6.47. The van der Waals surface area contributed by atoms with E-state index in [9.17, 15) is 0 Å². The predicted octanol–water partition coefficient (Wildman–Crippen LogP) is 3.07. The van der Waals surface area contributed by atoms with Gasteiger partial charge >= 0.3 is 0 Å². The fourth-order valence-corrected chi connectivity index (χ4v) is 1.75. The molecule has 0 aliphatic carbocycles. The third kappa shape index (κ3) is 4.37. The molecule has 0 heterocycles. The van der Waals surface area contributed by atoms with Gasteiger partial charge in [-0.1, -0.05) is 15.9 Å². The minimum Gasteiger partial charge on any atom is -0.383 e. The summed E-state index contributed by atoms with van der Waals surface area (Å²) < 4.78 is 0.983. The molecule has 92 valence electrons. The molecule has 0 fully saturated rings. The van der Waals surface area contributed by atoms with Gasteiger partial charge < -0.3 is 10.2 Å². The van der Waals surface area contributed by atoms with Gasteiger partial charge in [-0.2, -0.15) is 5.26 Å². The van der Waals surface area contributed by atoms with Gasteiger partial charge in [0.2, 0.25) is 0 Å². The summed E-state index contributed by atoms with van der Waals surface area (Å²) in [5.74, 6) is 0. The molecule has 0 unspecified atom stereocenters. The first-order valence-electron chi connectivity index (χ1n) is 5.68. The average Bonchev–Trinajstić information content (AvgIpc) is 2.29. The molecule has 1 aromatic rings. The van der Waals surface area contributed by atoms with E-state index in [0.29, 0.717) is 11.6 Å². The van der Waals surface area contributed by atoms with Crippen molar-refractivity contribution in [2.75, 3.05) is 25.5 Å². The summed E-state index contributed by atoms with van der Waals surface area (Å²) in [4.78, 5) is 2.26. The molecule has 17 heavy (non-hydrogen) atoms. The second-order valence-electron chi connectivity index (χ2n) is 4.30. The maximum Gasteiger partial charge on any atom is 0.101 e. The van der Waals surface area contributed by atoms with Gasteiger partial charge in [0.1, 0.15) is 6.07 Å². The maximum atomic E-state index is 8.99. The molecule has 1 rings (SSSR count). The number of anilines is 1. The predicted molar refractivity (Wildman–Crippen MR) is 75.1 cm³/mol. The van der Waals surface area contributed by atoms with Crippen molar-refractivity contribution in [1.82, 2.24) is 4.90 Å². The number of hydrogen-bond donors (Lipinski definition) is 1. The molecular weight excluding hydrogens is 278 g/mol. The normalized spacial score (nSPS) is 10.6. The monoisotopic (exact) mass is 295 g/mol. The van der Waals surface area contributed by atoms with E-state index in [0.717, 1.165) is 23.2 Å². The van der Waals surface area contributed by atoms with E-state index in [1.165, 1.54) is 0 Å². The third-order valence-electron chi connectivity index (χ3n) is 2.76. The lowest BCUT2D eigenvalue weighted by molar-refractivity contribution is 0.284. The summed E-state index contributed by atoms with van der Waals surface area (Å²) in [6, 6.07) is 8.36. The van der Waals surface area contributed by atoms with Crippen molar-refractivity contribution in [3.05, 3.63) is 28.2 Å². The van der Waals surface area contributed by atoms with E-state index in [-0.39, 0.29) is 0 Å². The lowest BCUT2D eigenvalue weighted by Gasteiger charge is -2.21. The molecule has 4 heteroatoms. The Hall–Kier alpha value is -1.05. The van der Waals surface area contributed by atoms with Crippen LogP contribution in [0.5, 0.6) is 0 Å². The zero-order valence-corrected chi connectivity index (χ0v) is 12.1. The van der Waals surface area contributed by atoms with Gasteiger partial charge in [-0.3, -0.25) is 0 Å². The van der Waals surface area contributed by atoms with Crippen molar-refractivity contribution in [2.45, 2.75) is 19.9 Å². The van der Waals surface area contributed by atoms with Crippen LogP contribution in [0.1, 0.15) is 19.4 Å². The number of nitriles is 1. The van der Waals surface area contributed by atoms with Crippen LogP contribution in [0.2, 0.25) is 0 Å². The van der Waals surface area contributed by atoms with Gasteiger partial charge in [-0.15, -0.1) is 0 Å². The number of likely N-dealkylation sites (N-methyl/N-ethyl adjacent to an activating group) is 1. The van der Waals surface area contributed by atoms with Crippen LogP contribution in [0.3, 0.4) is 0 Å². The highest BCUT2D eigenvalue weighted by atomic mass is 79.9. The van der Waals surface area contributed by atoms with Crippen LogP contribution in [0.25, 0.3) is 0 Å². The smallest absolute Gasteiger partial charge is 0.101 e. The molecule has 1 aromatic carbocycles. The highest BCUT2D eigenvalue weighted by molar-refractivity contribution is 9.10. The summed E-state index contributed by atoms with van der Waals surface area (Å²) in [5, 5.41) is 12.3. The number of nitrogens with zero attached hydrogens (tertiary/aromatic N) is 2. The van der Waals surface area contributed by atoms with Crippen molar-refractivity contribution in [1.29, 1.82) is 5.26 Å². The standard InChI is InChI=1S/C13H18BrN3/c1-10(2)17(3)7-6-16-13-8-12(14)5-4-11(13)9-15/h4-5,8,10,16H,6-7H2,1-3H3. The second-order valence-corrected chi connectivity index (χ2v) is 5.22. The number of halogens is 1. The largest absolute Gasteiger partial charge is 0.383 e. The van der Waals surface area contributed by atoms with Crippen molar-refractivity contribution >= 4 is 21.6 Å². The first-order chi connectivity index (χ1) is 8.04. The average molecular weight is 296 g/mol. The molecule has 0 saturated heterocycles. The molecular formula is C13H18BrN3. The minimum atomic E-state index is 0.537. The lowest BCUT2D eigenvalue weighted by Crippen LogP contribution is -2.31. The summed E-state index contributed by atoms with van der Waals surface area (Å²) >= 11 is 3.41. The Balaban J connectivity index is 2.57. The molecule has 0 aliphatic rings. The van der Waals surface area contributed by atoms with E-state index >= 15 is 0 Å². The van der Waals surface area contributed by atoms with Crippen LogP contribution in [0, 0.1) is 11.3 Å². The summed E-state index contributed by atoms with van der Waals surface area (Å²) in [5.41, 5.74) is 1.57. The van der Waals surface area contributed by atoms with E-state index in [1.54, 1.807) is 0 Å². The van der Waals surface area contributed by atoms with Gasteiger partial charge in [-0.05, 0) is 39.1 Å². The van der Waals surface area contributed by atoms with Crippen LogP contribution in [-0.2, 0) is 0 Å². The van der Waals surface area contributed by atoms with Crippen LogP contribution >= 0.6 is 15.9 Å². The fourth-order valence-electron chi connectivity index (χ4n) is 1.39. The highest BCUT2D eigenvalue weighted by Crippen LogP contribution is 2.20. The molecule has 0 amide bonds. The third-order valence-corrected chi connectivity index (χ3v) is 3.26. The Kier molecular flexibility index (Phi) is 5.46. The van der Waals surface area contributed by atoms with E-state index in [4.69, 9.17) is 5.26 Å². The molecule has 0 saturated carbocycles. The number of nitrogens with one attached hydrogen (secondary N) is 1. The Bertz CT molecular complexity index is 410. The Morgan fingerprint density at radius 2 is 2.18 bits per heavy atom. The number of hydrogen-bond acceptors (Lipinski definition) is 3. The zero-order chi connectivity index (χ0) is 12.8. The molecule has 3 nitrogen and oxygen atoms in total. The molecule has 1 N–H and O–H groups in total. The van der Waals surface area contributed by atoms with Crippen molar-refractivity contribution in [2.24, 2.45) is 0 Å². The molecule has 0 aromatic heterocycles. The summed E-state index contributed by atoms with van der Waals surface area (Å²) in [7, 11) is 2.10. The Morgan fingerprint density at radius 1 is 1.47 bits per heavy atom. The molecule has 0 atom stereocenters. The number of rotatable bonds is 5. The molecule has 0 radical (unpaired) electrons. The topological polar surface area (TPSA) is 39.1 Å². The Morgan fingerprint density at radius 3 is 2.76 bits per heavy atom. The van der Waals surface area contributed by atoms with Crippen LogP contribution in [0.4, 0.5) is 5.69 Å². The van der Waals surface area contributed by atoms with E-state index in [2.05, 4.69) is 53.1 Å². The second kappa shape index (κ2) is 6.63. The van der Waals surface area contributed by atoms with Gasteiger partial charge in [0.15, 0.2) is 0 Å². The summed E-state index contributed by atoms with van der Waals surface area (Å²) in [6.45, 7) is 6.12. The van der Waals surface area contributed by atoms with E-state index in [1.807, 2.05) is 18.2 Å². The fraction of sp³-hybridized carbons (Fsp3) is 0.462. The van der Waals surface area contributed by atoms with Gasteiger partial charge in [-0.25, -0.2) is 0 Å². The Labute approximate surface area is 112 Å². The summed E-state index contributed by atoms with van der Waals surface area (Å²) in [6.07, 6.45) is 0. The van der Waals surface area contributed by atoms with Crippen LogP contribution < -0.4 is 5.32 Å². The molecule has 0 bridgehead atoms. The van der Waals surface area contributed by atoms with Crippen LogP contribution in [0.15, 0.2) is 22.7 Å². The van der Waals surface area contributed by atoms with Gasteiger partial charge in [0, 0.05) is 23.6 Å². The van der Waals surface area contributed by atoms with Gasteiger partial charge in [0.05, 0.1) is 11.3 Å². The SMILES string of the molecule is CC(C)N(C)CCNc1cc(Br)ccc1C#N. The zero-order valence-electron chi connectivity index (χ0n) is 10.5. The quantitative estimate of drug-likeness (QED) is 0.907. The maximum absolute atomic E-state index is 8.99.